The molecule has 164 valence electrons. The topological polar surface area (TPSA) is 102 Å². The van der Waals surface area contributed by atoms with Gasteiger partial charge in [0, 0.05) is 32.5 Å². The molecule has 0 bridgehead atoms. The van der Waals surface area contributed by atoms with Crippen molar-refractivity contribution in [2.45, 2.75) is 19.9 Å². The second kappa shape index (κ2) is 10.7. The molecule has 8 nitrogen and oxygen atoms in total. The van der Waals surface area contributed by atoms with Gasteiger partial charge in [-0.2, -0.15) is 10.3 Å². The molecule has 0 aliphatic heterocycles. The van der Waals surface area contributed by atoms with Crippen LogP contribution in [0.3, 0.4) is 0 Å². The minimum absolute atomic E-state index is 0.128. The number of hydrogen-bond acceptors (Lipinski definition) is 6. The van der Waals surface area contributed by atoms with E-state index in [4.69, 9.17) is 9.72 Å². The van der Waals surface area contributed by atoms with Gasteiger partial charge < -0.3 is 9.30 Å². The van der Waals surface area contributed by atoms with E-state index in [1.54, 1.807) is 36.1 Å². The Hall–Kier alpha value is -3.48. The summed E-state index contributed by atoms with van der Waals surface area (Å²) in [5, 5.41) is 11.9. The summed E-state index contributed by atoms with van der Waals surface area (Å²) < 4.78 is 8.28. The molecule has 0 saturated heterocycles. The molecule has 0 spiro atoms. The van der Waals surface area contributed by atoms with Crippen molar-refractivity contribution in [1.29, 1.82) is 5.26 Å². The SMILES string of the molecule is COCCCn1c(=NC(=O)C=CC=CSC)c(C#N)cc2c(=O)n3cccc(C)c3nc21. The molecule has 32 heavy (non-hydrogen) atoms. The third kappa shape index (κ3) is 4.88. The second-order valence-corrected chi connectivity index (χ2v) is 7.65. The smallest absolute Gasteiger partial charge is 0.271 e. The maximum Gasteiger partial charge on any atom is 0.271 e. The van der Waals surface area contributed by atoms with Crippen LogP contribution in [0, 0.1) is 18.3 Å². The van der Waals surface area contributed by atoms with E-state index in [-0.39, 0.29) is 22.0 Å². The van der Waals surface area contributed by atoms with E-state index in [0.29, 0.717) is 30.9 Å². The van der Waals surface area contributed by atoms with E-state index < -0.39 is 5.91 Å². The first kappa shape index (κ1) is 23.2. The number of allylic oxidation sites excluding steroid dienone is 2. The summed E-state index contributed by atoms with van der Waals surface area (Å²) in [5.74, 6) is -0.513. The van der Waals surface area contributed by atoms with Crippen molar-refractivity contribution in [3.8, 4) is 6.07 Å². The third-order valence-electron chi connectivity index (χ3n) is 4.74. The molecule has 1 amide bonds. The molecule has 0 saturated carbocycles. The molecular formula is C23H23N5O3S. The number of carbonyl (C=O) groups is 1. The van der Waals surface area contributed by atoms with Crippen LogP contribution < -0.4 is 11.0 Å². The average Bonchev–Trinajstić information content (AvgIpc) is 2.79. The van der Waals surface area contributed by atoms with Crippen LogP contribution in [0.25, 0.3) is 16.7 Å². The van der Waals surface area contributed by atoms with Crippen LogP contribution >= 0.6 is 11.8 Å². The van der Waals surface area contributed by atoms with Crippen molar-refractivity contribution in [2.75, 3.05) is 20.0 Å². The van der Waals surface area contributed by atoms with Crippen LogP contribution in [0.15, 0.2) is 57.8 Å². The predicted octanol–water partition coefficient (Wildman–Crippen LogP) is 2.73. The lowest BCUT2D eigenvalue weighted by Crippen LogP contribution is -2.30. The van der Waals surface area contributed by atoms with Gasteiger partial charge >= 0.3 is 0 Å². The highest BCUT2D eigenvalue weighted by Crippen LogP contribution is 2.13. The lowest BCUT2D eigenvalue weighted by Gasteiger charge is -2.14. The first-order chi connectivity index (χ1) is 15.5. The quantitative estimate of drug-likeness (QED) is 0.238. The molecule has 0 unspecified atom stereocenters. The van der Waals surface area contributed by atoms with Gasteiger partial charge in [0.25, 0.3) is 11.5 Å². The first-order valence-electron chi connectivity index (χ1n) is 9.91. The third-order valence-corrected chi connectivity index (χ3v) is 5.17. The maximum absolute atomic E-state index is 13.2. The van der Waals surface area contributed by atoms with E-state index in [2.05, 4.69) is 11.1 Å². The van der Waals surface area contributed by atoms with Gasteiger partial charge in [0.05, 0.1) is 10.9 Å². The van der Waals surface area contributed by atoms with Crippen molar-refractivity contribution in [1.82, 2.24) is 14.0 Å². The molecule has 3 aromatic heterocycles. The number of amides is 1. The van der Waals surface area contributed by atoms with Crippen LogP contribution in [-0.2, 0) is 16.1 Å². The lowest BCUT2D eigenvalue weighted by molar-refractivity contribution is -0.113. The van der Waals surface area contributed by atoms with Crippen LogP contribution in [-0.4, -0.2) is 39.8 Å². The van der Waals surface area contributed by atoms with Gasteiger partial charge in [-0.15, -0.1) is 11.8 Å². The highest BCUT2D eigenvalue weighted by Gasteiger charge is 2.15. The summed E-state index contributed by atoms with van der Waals surface area (Å²) in [5.41, 5.74) is 1.72. The van der Waals surface area contributed by atoms with Crippen molar-refractivity contribution < 1.29 is 9.53 Å². The van der Waals surface area contributed by atoms with E-state index in [0.717, 1.165) is 5.56 Å². The van der Waals surface area contributed by atoms with Crippen molar-refractivity contribution in [2.24, 2.45) is 4.99 Å². The zero-order chi connectivity index (χ0) is 23.1. The van der Waals surface area contributed by atoms with Crippen molar-refractivity contribution >= 4 is 34.3 Å². The summed E-state index contributed by atoms with van der Waals surface area (Å²) in [4.78, 5) is 34.5. The van der Waals surface area contributed by atoms with Crippen LogP contribution in [0.2, 0.25) is 0 Å². The van der Waals surface area contributed by atoms with Gasteiger partial charge in [0.2, 0.25) is 0 Å². The van der Waals surface area contributed by atoms with E-state index >= 15 is 0 Å². The summed E-state index contributed by atoms with van der Waals surface area (Å²) >= 11 is 1.51. The number of fused-ring (bicyclic) bond motifs is 2. The molecule has 3 heterocycles. The number of methoxy groups -OCH3 is 1. The Balaban J connectivity index is 2.35. The first-order valence-corrected chi connectivity index (χ1v) is 11.2. The number of nitrogens with zero attached hydrogens (tertiary/aromatic N) is 5. The maximum atomic E-state index is 13.2. The fraction of sp³-hybridized carbons (Fsp3) is 0.261. The van der Waals surface area contributed by atoms with E-state index in [1.165, 1.54) is 28.3 Å². The highest BCUT2D eigenvalue weighted by molar-refractivity contribution is 8.01. The molecular weight excluding hydrogens is 426 g/mol. The standard InChI is InChI=1S/C23H23N5O3S/c1-16-8-6-10-28-20(16)26-22-18(23(28)30)14-17(15-24)21(27(22)11-7-12-31-2)25-19(29)9-4-5-13-32-3/h4-6,8-10,13-14H,7,11-12H2,1-3H3. The number of carbonyl (C=O) groups excluding carboxylic acids is 1. The molecule has 0 atom stereocenters. The van der Waals surface area contributed by atoms with Gasteiger partial charge in [-0.3, -0.25) is 14.0 Å². The van der Waals surface area contributed by atoms with Gasteiger partial charge in [0.15, 0.2) is 5.49 Å². The average molecular weight is 450 g/mol. The zero-order valence-electron chi connectivity index (χ0n) is 18.1. The predicted molar refractivity (Wildman–Crippen MR) is 125 cm³/mol. The summed E-state index contributed by atoms with van der Waals surface area (Å²) in [6.07, 6.45) is 8.79. The number of thioether (sulfide) groups is 1. The normalized spacial score (nSPS) is 12.4. The van der Waals surface area contributed by atoms with Gasteiger partial charge in [-0.1, -0.05) is 18.2 Å². The highest BCUT2D eigenvalue weighted by atomic mass is 32.2. The number of rotatable bonds is 7. The Morgan fingerprint density at radius 1 is 1.38 bits per heavy atom. The summed E-state index contributed by atoms with van der Waals surface area (Å²) in [6, 6.07) is 7.17. The fourth-order valence-electron chi connectivity index (χ4n) is 3.27. The lowest BCUT2D eigenvalue weighted by atomic mass is 10.2. The largest absolute Gasteiger partial charge is 0.385 e. The Labute approximate surface area is 189 Å². The monoisotopic (exact) mass is 449 g/mol. The summed E-state index contributed by atoms with van der Waals surface area (Å²) in [7, 11) is 1.59. The Bertz CT molecular complexity index is 1390. The molecule has 9 heteroatoms. The molecule has 0 aromatic carbocycles. The van der Waals surface area contributed by atoms with Gasteiger partial charge in [-0.25, -0.2) is 4.98 Å². The van der Waals surface area contributed by atoms with Gasteiger partial charge in [-0.05, 0) is 42.7 Å². The van der Waals surface area contributed by atoms with Crippen LogP contribution in [0.1, 0.15) is 17.5 Å². The van der Waals surface area contributed by atoms with Crippen molar-refractivity contribution in [3.63, 3.8) is 0 Å². The molecule has 3 rings (SSSR count). The molecule has 0 N–H and O–H groups in total. The van der Waals surface area contributed by atoms with Gasteiger partial charge in [0.1, 0.15) is 17.4 Å². The van der Waals surface area contributed by atoms with Crippen molar-refractivity contribution in [3.05, 3.63) is 75.0 Å². The van der Waals surface area contributed by atoms with Crippen LogP contribution in [0.4, 0.5) is 0 Å². The number of nitriles is 1. The molecule has 0 aliphatic carbocycles. The molecule has 3 aromatic rings. The molecule has 0 radical (unpaired) electrons. The minimum Gasteiger partial charge on any atom is -0.385 e. The molecule has 0 aliphatic rings. The number of aromatic nitrogens is 3. The van der Waals surface area contributed by atoms with E-state index in [1.807, 2.05) is 24.7 Å². The summed E-state index contributed by atoms with van der Waals surface area (Å²) in [6.45, 7) is 2.70. The minimum atomic E-state index is -0.513. The number of ether oxygens (including phenoxy) is 1. The molecule has 0 fully saturated rings. The Kier molecular flexibility index (Phi) is 7.76. The Morgan fingerprint density at radius 3 is 2.91 bits per heavy atom. The fourth-order valence-corrected chi connectivity index (χ4v) is 3.52. The van der Waals surface area contributed by atoms with Crippen LogP contribution in [0.5, 0.6) is 0 Å². The number of hydrogen-bond donors (Lipinski definition) is 0. The zero-order valence-corrected chi connectivity index (χ0v) is 18.9. The second-order valence-electron chi connectivity index (χ2n) is 6.90. The number of aryl methyl sites for hydroxylation is 2. The van der Waals surface area contributed by atoms with E-state index in [9.17, 15) is 14.9 Å². The number of pyridine rings is 2. The Morgan fingerprint density at radius 2 is 2.19 bits per heavy atom.